The van der Waals surface area contributed by atoms with Crippen molar-refractivity contribution in [3.8, 4) is 11.5 Å². The highest BCUT2D eigenvalue weighted by Crippen LogP contribution is 2.30. The molecule has 1 aromatic rings. The highest BCUT2D eigenvalue weighted by molar-refractivity contribution is 5.95. The molecule has 0 aromatic heterocycles. The van der Waals surface area contributed by atoms with E-state index < -0.39 is 5.97 Å². The summed E-state index contributed by atoms with van der Waals surface area (Å²) >= 11 is 0. The fourth-order valence-corrected chi connectivity index (χ4v) is 5.31. The predicted molar refractivity (Wildman–Crippen MR) is 171 cm³/mol. The van der Waals surface area contributed by atoms with Crippen LogP contribution in [0.5, 0.6) is 11.5 Å². The molecule has 40 heavy (non-hydrogen) atoms. The van der Waals surface area contributed by atoms with E-state index in [9.17, 15) is 4.79 Å². The Morgan fingerprint density at radius 2 is 0.800 bits per heavy atom. The smallest absolute Gasteiger partial charge is 0.345 e. The van der Waals surface area contributed by atoms with E-state index in [0.717, 1.165) is 12.8 Å². The number of rotatable bonds is 29. The molecule has 0 spiro atoms. The van der Waals surface area contributed by atoms with Crippen molar-refractivity contribution in [3.05, 3.63) is 23.8 Å². The molecule has 0 saturated carbocycles. The molecule has 1 aromatic carbocycles. The van der Waals surface area contributed by atoms with Crippen LogP contribution in [0, 0.1) is 0 Å². The maximum Gasteiger partial charge on any atom is 0.345 e. The summed E-state index contributed by atoms with van der Waals surface area (Å²) in [5, 5.41) is 0. The Labute approximate surface area is 248 Å². The average Bonchev–Trinajstić information content (AvgIpc) is 2.97. The van der Waals surface area contributed by atoms with Gasteiger partial charge in [0.2, 0.25) is 0 Å². The lowest BCUT2D eigenvalue weighted by Gasteiger charge is -2.15. The fraction of sp³-hybridized carbons (Fsp3) is 0.806. The Kier molecular flexibility index (Phi) is 24.9. The molecule has 0 bridgehead atoms. The third-order valence-electron chi connectivity index (χ3n) is 7.89. The van der Waals surface area contributed by atoms with Gasteiger partial charge in [0.1, 0.15) is 17.1 Å². The second kappa shape index (κ2) is 27.5. The van der Waals surface area contributed by atoms with Crippen LogP contribution in [-0.4, -0.2) is 26.3 Å². The van der Waals surface area contributed by atoms with Crippen LogP contribution in [0.2, 0.25) is 0 Å². The van der Waals surface area contributed by atoms with Crippen molar-refractivity contribution in [1.82, 2.24) is 0 Å². The summed E-state index contributed by atoms with van der Waals surface area (Å²) in [6.07, 6.45) is 31.5. The quantitative estimate of drug-likeness (QED) is 0.0722. The van der Waals surface area contributed by atoms with Gasteiger partial charge >= 0.3 is 5.97 Å². The molecular formula is C36H64O4. The van der Waals surface area contributed by atoms with E-state index in [4.69, 9.17) is 14.2 Å². The number of esters is 1. The number of benzene rings is 1. The molecule has 0 unspecified atom stereocenters. The Bertz CT molecular complexity index is 654. The van der Waals surface area contributed by atoms with E-state index in [-0.39, 0.29) is 0 Å². The van der Waals surface area contributed by atoms with Crippen LogP contribution in [0.15, 0.2) is 18.2 Å². The van der Waals surface area contributed by atoms with E-state index in [1.165, 1.54) is 148 Å². The SMILES string of the molecule is CCCCCCCCCCCCCCOc1cccc(OCCCCCCCCCCCCCC)c1C(=O)OC. The summed E-state index contributed by atoms with van der Waals surface area (Å²) in [5.74, 6) is 0.749. The number of unbranched alkanes of at least 4 members (excludes halogenated alkanes) is 22. The molecule has 1 rings (SSSR count). The monoisotopic (exact) mass is 560 g/mol. The van der Waals surface area contributed by atoms with Crippen LogP contribution < -0.4 is 9.47 Å². The Balaban J connectivity index is 2.19. The van der Waals surface area contributed by atoms with Crippen molar-refractivity contribution in [3.63, 3.8) is 0 Å². The first-order valence-electron chi connectivity index (χ1n) is 17.2. The zero-order chi connectivity index (χ0) is 28.9. The van der Waals surface area contributed by atoms with Crippen LogP contribution in [-0.2, 0) is 4.74 Å². The van der Waals surface area contributed by atoms with Crippen LogP contribution in [0.4, 0.5) is 0 Å². The topological polar surface area (TPSA) is 44.8 Å². The van der Waals surface area contributed by atoms with Gasteiger partial charge in [0.15, 0.2) is 0 Å². The molecule has 0 fully saturated rings. The third-order valence-corrected chi connectivity index (χ3v) is 7.89. The van der Waals surface area contributed by atoms with Gasteiger partial charge in [0, 0.05) is 0 Å². The number of ether oxygens (including phenoxy) is 3. The van der Waals surface area contributed by atoms with Crippen LogP contribution in [0.1, 0.15) is 178 Å². The Hall–Kier alpha value is -1.71. The maximum atomic E-state index is 12.5. The van der Waals surface area contributed by atoms with Crippen LogP contribution >= 0.6 is 0 Å². The molecule has 0 saturated heterocycles. The highest BCUT2D eigenvalue weighted by Gasteiger charge is 2.19. The molecule has 0 N–H and O–H groups in total. The van der Waals surface area contributed by atoms with Gasteiger partial charge in [0.05, 0.1) is 20.3 Å². The number of carbonyl (C=O) groups is 1. The van der Waals surface area contributed by atoms with Gasteiger partial charge in [-0.1, -0.05) is 161 Å². The van der Waals surface area contributed by atoms with Crippen LogP contribution in [0.3, 0.4) is 0 Å². The Morgan fingerprint density at radius 1 is 0.500 bits per heavy atom. The number of hydrogen-bond donors (Lipinski definition) is 0. The van der Waals surface area contributed by atoms with Gasteiger partial charge in [-0.2, -0.15) is 0 Å². The lowest BCUT2D eigenvalue weighted by molar-refractivity contribution is 0.0590. The highest BCUT2D eigenvalue weighted by atomic mass is 16.5. The Morgan fingerprint density at radius 3 is 1.10 bits per heavy atom. The lowest BCUT2D eigenvalue weighted by atomic mass is 10.1. The normalized spacial score (nSPS) is 11.1. The van der Waals surface area contributed by atoms with Crippen molar-refractivity contribution in [2.45, 2.75) is 168 Å². The fourth-order valence-electron chi connectivity index (χ4n) is 5.31. The second-order valence-corrected chi connectivity index (χ2v) is 11.6. The molecule has 0 aliphatic rings. The zero-order valence-electron chi connectivity index (χ0n) is 26.7. The molecule has 232 valence electrons. The lowest BCUT2D eigenvalue weighted by Crippen LogP contribution is -2.10. The van der Waals surface area contributed by atoms with Gasteiger partial charge in [-0.3, -0.25) is 0 Å². The van der Waals surface area contributed by atoms with E-state index in [1.54, 1.807) is 0 Å². The summed E-state index contributed by atoms with van der Waals surface area (Å²) in [4.78, 5) is 12.5. The van der Waals surface area contributed by atoms with E-state index in [0.29, 0.717) is 30.3 Å². The molecule has 4 heteroatoms. The van der Waals surface area contributed by atoms with Crippen molar-refractivity contribution < 1.29 is 19.0 Å². The third kappa shape index (κ3) is 19.4. The number of carbonyl (C=O) groups excluding carboxylic acids is 1. The minimum Gasteiger partial charge on any atom is -0.493 e. The molecular weight excluding hydrogens is 496 g/mol. The minimum atomic E-state index is -0.394. The second-order valence-electron chi connectivity index (χ2n) is 11.6. The molecule has 0 atom stereocenters. The van der Waals surface area contributed by atoms with Crippen molar-refractivity contribution in [1.29, 1.82) is 0 Å². The molecule has 0 heterocycles. The molecule has 4 nitrogen and oxygen atoms in total. The first-order valence-corrected chi connectivity index (χ1v) is 17.2. The summed E-state index contributed by atoms with van der Waals surface area (Å²) in [6.45, 7) is 5.78. The van der Waals surface area contributed by atoms with Gasteiger partial charge in [0.25, 0.3) is 0 Å². The largest absolute Gasteiger partial charge is 0.493 e. The van der Waals surface area contributed by atoms with Gasteiger partial charge in [-0.15, -0.1) is 0 Å². The molecule has 0 aliphatic heterocycles. The minimum absolute atomic E-state index is 0.394. The summed E-state index contributed by atoms with van der Waals surface area (Å²) in [7, 11) is 1.42. The van der Waals surface area contributed by atoms with E-state index in [2.05, 4.69) is 13.8 Å². The van der Waals surface area contributed by atoms with E-state index >= 15 is 0 Å². The first-order chi connectivity index (χ1) is 19.7. The van der Waals surface area contributed by atoms with Crippen LogP contribution in [0.25, 0.3) is 0 Å². The molecule has 0 amide bonds. The molecule has 0 radical (unpaired) electrons. The van der Waals surface area contributed by atoms with Crippen molar-refractivity contribution in [2.24, 2.45) is 0 Å². The number of hydrogen-bond acceptors (Lipinski definition) is 4. The van der Waals surface area contributed by atoms with E-state index in [1.807, 2.05) is 18.2 Å². The molecule has 0 aliphatic carbocycles. The number of methoxy groups -OCH3 is 1. The van der Waals surface area contributed by atoms with Gasteiger partial charge in [-0.05, 0) is 25.0 Å². The zero-order valence-corrected chi connectivity index (χ0v) is 26.7. The summed E-state index contributed by atoms with van der Waals surface area (Å²) < 4.78 is 17.1. The van der Waals surface area contributed by atoms with Gasteiger partial charge < -0.3 is 14.2 Å². The van der Waals surface area contributed by atoms with Gasteiger partial charge in [-0.25, -0.2) is 4.79 Å². The predicted octanol–water partition coefficient (Wildman–Crippen LogP) is 11.6. The average molecular weight is 561 g/mol. The summed E-state index contributed by atoms with van der Waals surface area (Å²) in [6, 6.07) is 5.61. The maximum absolute atomic E-state index is 12.5. The summed E-state index contributed by atoms with van der Waals surface area (Å²) in [5.41, 5.74) is 0.419. The van der Waals surface area contributed by atoms with Crippen molar-refractivity contribution in [2.75, 3.05) is 20.3 Å². The van der Waals surface area contributed by atoms with Crippen molar-refractivity contribution >= 4 is 5.97 Å². The standard InChI is InChI=1S/C36H64O4/c1-4-6-8-10-12-14-16-18-20-22-24-26-31-39-33-29-28-30-34(35(33)36(37)38-3)40-32-27-25-23-21-19-17-15-13-11-9-7-5-2/h28-30H,4-27,31-32H2,1-3H3. The first kappa shape index (κ1) is 36.3.